The van der Waals surface area contributed by atoms with E-state index in [0.717, 1.165) is 15.3 Å². The van der Waals surface area contributed by atoms with Crippen molar-refractivity contribution in [1.82, 2.24) is 15.0 Å². The van der Waals surface area contributed by atoms with Gasteiger partial charge in [0.15, 0.2) is 0 Å². The van der Waals surface area contributed by atoms with E-state index in [0.29, 0.717) is 18.0 Å². The molecule has 2 aromatic heterocycles. The van der Waals surface area contributed by atoms with E-state index in [1.807, 2.05) is 24.3 Å². The van der Waals surface area contributed by atoms with Gasteiger partial charge in [0.1, 0.15) is 11.4 Å². The number of anilines is 1. The third kappa shape index (κ3) is 3.49. The topological polar surface area (TPSA) is 88.2 Å². The van der Waals surface area contributed by atoms with Gasteiger partial charge in [-0.1, -0.05) is 29.5 Å². The first-order valence-electron chi connectivity index (χ1n) is 7.57. The first kappa shape index (κ1) is 17.0. The summed E-state index contributed by atoms with van der Waals surface area (Å²) >= 11 is 1.33. The van der Waals surface area contributed by atoms with Crippen molar-refractivity contribution in [3.8, 4) is 0 Å². The Morgan fingerprint density at radius 3 is 2.92 bits per heavy atom. The summed E-state index contributed by atoms with van der Waals surface area (Å²) in [4.78, 5) is 40.9. The highest BCUT2D eigenvalue weighted by Crippen LogP contribution is 2.29. The monoisotopic (exact) mass is 356 g/mol. The Kier molecular flexibility index (Phi) is 5.01. The summed E-state index contributed by atoms with van der Waals surface area (Å²) < 4.78 is 0.938. The predicted octanol–water partition coefficient (Wildman–Crippen LogP) is 2.71. The van der Waals surface area contributed by atoms with Crippen LogP contribution in [0.5, 0.6) is 0 Å². The number of hydroxylamine groups is 1. The molecule has 0 spiro atoms. The Morgan fingerprint density at radius 1 is 1.40 bits per heavy atom. The largest absolute Gasteiger partial charge is 0.325 e. The lowest BCUT2D eigenvalue weighted by Gasteiger charge is -2.15. The molecular weight excluding hydrogens is 340 g/mol. The van der Waals surface area contributed by atoms with Crippen LogP contribution in [0.2, 0.25) is 0 Å². The van der Waals surface area contributed by atoms with Gasteiger partial charge in [0.05, 0.1) is 17.3 Å². The molecule has 0 atom stereocenters. The summed E-state index contributed by atoms with van der Waals surface area (Å²) in [5.41, 5.74) is 0.826. The number of aryl methyl sites for hydroxylation is 1. The van der Waals surface area contributed by atoms with Crippen LogP contribution < -0.4 is 10.6 Å². The molecule has 0 unspecified atom stereocenters. The second-order valence-corrected chi connectivity index (χ2v) is 6.14. The van der Waals surface area contributed by atoms with Crippen molar-refractivity contribution in [2.75, 3.05) is 12.2 Å². The number of carbonyl (C=O) groups excluding carboxylic acids is 1. The third-order valence-corrected chi connectivity index (χ3v) is 4.49. The van der Waals surface area contributed by atoms with Crippen LogP contribution in [0, 0.1) is 0 Å². The van der Waals surface area contributed by atoms with Gasteiger partial charge in [0.2, 0.25) is 5.13 Å². The minimum absolute atomic E-state index is 0.0831. The molecule has 1 N–H and O–H groups in total. The zero-order valence-electron chi connectivity index (χ0n) is 13.6. The number of aromatic amines is 1. The highest BCUT2D eigenvalue weighted by atomic mass is 32.1. The second kappa shape index (κ2) is 7.37. The molecule has 1 aromatic carbocycles. The summed E-state index contributed by atoms with van der Waals surface area (Å²) in [5, 5.41) is 1.47. The van der Waals surface area contributed by atoms with Crippen LogP contribution in [0.4, 0.5) is 5.13 Å². The molecule has 7 nitrogen and oxygen atoms in total. The molecule has 3 rings (SSSR count). The van der Waals surface area contributed by atoms with Crippen molar-refractivity contribution in [2.24, 2.45) is 0 Å². The number of benzene rings is 1. The first-order valence-corrected chi connectivity index (χ1v) is 8.39. The fraction of sp³-hybridized carbons (Fsp3) is 0.176. The van der Waals surface area contributed by atoms with E-state index in [9.17, 15) is 9.59 Å². The quantitative estimate of drug-likeness (QED) is 0.542. The Labute approximate surface area is 147 Å². The molecule has 25 heavy (non-hydrogen) atoms. The molecule has 0 bridgehead atoms. The summed E-state index contributed by atoms with van der Waals surface area (Å²) in [6, 6.07) is 7.55. The molecule has 0 aliphatic carbocycles. The van der Waals surface area contributed by atoms with Crippen molar-refractivity contribution in [3.05, 3.63) is 64.9 Å². The van der Waals surface area contributed by atoms with E-state index in [1.54, 1.807) is 6.08 Å². The maximum Gasteiger partial charge on any atom is 0.304 e. The van der Waals surface area contributed by atoms with Crippen molar-refractivity contribution in [2.45, 2.75) is 12.8 Å². The van der Waals surface area contributed by atoms with Gasteiger partial charge < -0.3 is 4.98 Å². The zero-order valence-corrected chi connectivity index (χ0v) is 14.4. The van der Waals surface area contributed by atoms with E-state index in [-0.39, 0.29) is 16.9 Å². The number of thiazole rings is 1. The maximum absolute atomic E-state index is 12.8. The lowest BCUT2D eigenvalue weighted by atomic mass is 10.2. The van der Waals surface area contributed by atoms with Crippen molar-refractivity contribution >= 4 is 32.6 Å². The number of aromatic nitrogens is 3. The fourth-order valence-electron chi connectivity index (χ4n) is 2.26. The molecule has 0 fully saturated rings. The lowest BCUT2D eigenvalue weighted by Crippen LogP contribution is -2.32. The number of para-hydroxylation sites is 1. The summed E-state index contributed by atoms with van der Waals surface area (Å²) in [7, 11) is 1.38. The van der Waals surface area contributed by atoms with E-state index in [1.165, 1.54) is 24.6 Å². The first-order chi connectivity index (χ1) is 12.1. The highest BCUT2D eigenvalue weighted by molar-refractivity contribution is 7.22. The van der Waals surface area contributed by atoms with Crippen molar-refractivity contribution in [1.29, 1.82) is 0 Å². The van der Waals surface area contributed by atoms with Gasteiger partial charge in [0, 0.05) is 6.20 Å². The number of H-pyrrole nitrogens is 1. The van der Waals surface area contributed by atoms with Crippen LogP contribution in [-0.4, -0.2) is 28.0 Å². The minimum atomic E-state index is -0.502. The van der Waals surface area contributed by atoms with Gasteiger partial charge in [-0.05, 0) is 25.0 Å². The van der Waals surface area contributed by atoms with Crippen molar-refractivity contribution < 1.29 is 9.63 Å². The smallest absolute Gasteiger partial charge is 0.304 e. The summed E-state index contributed by atoms with van der Waals surface area (Å²) in [5.74, 6) is -0.502. The number of hydrogen-bond donors (Lipinski definition) is 1. The Bertz CT molecular complexity index is 946. The number of carbonyl (C=O) groups is 1. The fourth-order valence-corrected chi connectivity index (χ4v) is 3.21. The average molecular weight is 356 g/mol. The number of nitrogens with one attached hydrogen (secondary N) is 1. The molecule has 128 valence electrons. The van der Waals surface area contributed by atoms with E-state index < -0.39 is 5.91 Å². The zero-order chi connectivity index (χ0) is 17.8. The molecule has 0 aliphatic heterocycles. The standard InChI is InChI=1S/C17H16N4O3S/c1-3-4-7-12-15(22)18-10-13(19-12)16(23)21(24-2)17-20-11-8-5-6-9-14(11)25-17/h3,5-6,8-10H,1,4,7H2,2H3,(H,18,22). The minimum Gasteiger partial charge on any atom is -0.325 e. The molecule has 0 aliphatic rings. The molecule has 2 heterocycles. The van der Waals surface area contributed by atoms with Crippen LogP contribution >= 0.6 is 11.3 Å². The molecule has 0 saturated heterocycles. The number of rotatable bonds is 6. The number of nitrogens with zero attached hydrogens (tertiary/aromatic N) is 3. The van der Waals surface area contributed by atoms with Crippen LogP contribution in [0.3, 0.4) is 0 Å². The molecule has 1 amide bonds. The van der Waals surface area contributed by atoms with Gasteiger partial charge >= 0.3 is 5.91 Å². The van der Waals surface area contributed by atoms with Gasteiger partial charge in [-0.25, -0.2) is 9.97 Å². The van der Waals surface area contributed by atoms with E-state index >= 15 is 0 Å². The Hall–Kier alpha value is -2.84. The van der Waals surface area contributed by atoms with Gasteiger partial charge in [-0.15, -0.1) is 6.58 Å². The molecule has 8 heteroatoms. The number of allylic oxidation sites excluding steroid dienone is 1. The summed E-state index contributed by atoms with van der Waals surface area (Å²) in [6.45, 7) is 3.62. The third-order valence-electron chi connectivity index (χ3n) is 3.49. The van der Waals surface area contributed by atoms with Crippen LogP contribution in [0.15, 0.2) is 47.9 Å². The highest BCUT2D eigenvalue weighted by Gasteiger charge is 2.23. The van der Waals surface area contributed by atoms with Gasteiger partial charge in [-0.3, -0.25) is 14.4 Å². The van der Waals surface area contributed by atoms with Crippen LogP contribution in [0.1, 0.15) is 22.6 Å². The number of amides is 1. The van der Waals surface area contributed by atoms with Gasteiger partial charge in [-0.2, -0.15) is 5.06 Å². The molecule has 0 saturated carbocycles. The van der Waals surface area contributed by atoms with Crippen molar-refractivity contribution in [3.63, 3.8) is 0 Å². The average Bonchev–Trinajstić information content (AvgIpc) is 3.05. The SMILES string of the molecule is C=CCCc1nc(C(=O)N(OC)c2nc3ccccc3s2)c[nH]c1=O. The van der Waals surface area contributed by atoms with E-state index in [4.69, 9.17) is 4.84 Å². The Morgan fingerprint density at radius 2 is 2.20 bits per heavy atom. The normalized spacial score (nSPS) is 10.8. The molecular formula is C17H16N4O3S. The summed E-state index contributed by atoms with van der Waals surface area (Å²) in [6.07, 6.45) is 3.98. The van der Waals surface area contributed by atoms with Crippen LogP contribution in [-0.2, 0) is 11.3 Å². The number of hydrogen-bond acceptors (Lipinski definition) is 6. The molecule has 0 radical (unpaired) electrons. The Balaban J connectivity index is 1.94. The predicted molar refractivity (Wildman–Crippen MR) is 96.8 cm³/mol. The van der Waals surface area contributed by atoms with Crippen LogP contribution in [0.25, 0.3) is 10.2 Å². The number of fused-ring (bicyclic) bond motifs is 1. The maximum atomic E-state index is 12.8. The lowest BCUT2D eigenvalue weighted by molar-refractivity contribution is 0.0767. The molecule has 3 aromatic rings. The second-order valence-electron chi connectivity index (χ2n) is 5.14. The van der Waals surface area contributed by atoms with Gasteiger partial charge in [0.25, 0.3) is 5.56 Å². The van der Waals surface area contributed by atoms with E-state index in [2.05, 4.69) is 21.5 Å².